The minimum atomic E-state index is -1.13. The van der Waals surface area contributed by atoms with E-state index in [0.717, 1.165) is 12.8 Å². The fraction of sp³-hybridized carbons (Fsp3) is 0.700. The van der Waals surface area contributed by atoms with Gasteiger partial charge in [0.1, 0.15) is 0 Å². The fourth-order valence-corrected chi connectivity index (χ4v) is 1.87. The molecule has 2 heterocycles. The van der Waals surface area contributed by atoms with Crippen molar-refractivity contribution >= 4 is 17.7 Å². The Morgan fingerprint density at radius 3 is 2.94 bits per heavy atom. The van der Waals surface area contributed by atoms with E-state index in [1.54, 1.807) is 0 Å². The molecule has 0 aromatic carbocycles. The molecule has 2 fully saturated rings. The van der Waals surface area contributed by atoms with Crippen LogP contribution >= 0.6 is 0 Å². The van der Waals surface area contributed by atoms with Crippen LogP contribution in [0.3, 0.4) is 0 Å². The largest absolute Gasteiger partial charge is 0.379 e. The molecule has 2 atom stereocenters. The van der Waals surface area contributed by atoms with Gasteiger partial charge in [0.25, 0.3) is 11.8 Å². The lowest BCUT2D eigenvalue weighted by molar-refractivity contribution is -0.140. The minimum absolute atomic E-state index is 0.0743. The zero-order valence-corrected chi connectivity index (χ0v) is 9.32. The number of hydrogen-bond acceptors (Lipinski definition) is 4. The number of hydrogen-bond donors (Lipinski definition) is 3. The van der Waals surface area contributed by atoms with Crippen molar-refractivity contribution in [3.05, 3.63) is 0 Å². The molecule has 2 rings (SSSR count). The molecule has 7 heteroatoms. The van der Waals surface area contributed by atoms with Crippen molar-refractivity contribution in [2.75, 3.05) is 19.8 Å². The maximum absolute atomic E-state index is 11.8. The number of carbonyl (C=O) groups is 3. The summed E-state index contributed by atoms with van der Waals surface area (Å²) in [6, 6.07) is -1.21. The molecule has 2 aliphatic heterocycles. The lowest BCUT2D eigenvalue weighted by Crippen LogP contribution is -2.63. The van der Waals surface area contributed by atoms with Crippen molar-refractivity contribution in [2.24, 2.45) is 0 Å². The summed E-state index contributed by atoms with van der Waals surface area (Å²) >= 11 is 0. The molecule has 2 aliphatic rings. The third-order valence-electron chi connectivity index (χ3n) is 2.76. The van der Waals surface area contributed by atoms with Gasteiger partial charge in [-0.25, -0.2) is 0 Å². The van der Waals surface area contributed by atoms with Crippen molar-refractivity contribution in [1.29, 1.82) is 0 Å². The molecule has 0 unspecified atom stereocenters. The molecular formula is C10H15N3O4. The Morgan fingerprint density at radius 1 is 1.41 bits per heavy atom. The number of carbonyl (C=O) groups excluding carboxylic acids is 3. The number of rotatable bonds is 2. The van der Waals surface area contributed by atoms with Crippen molar-refractivity contribution in [3.63, 3.8) is 0 Å². The Morgan fingerprint density at radius 2 is 2.24 bits per heavy atom. The van der Waals surface area contributed by atoms with Crippen LogP contribution in [0.25, 0.3) is 0 Å². The number of amides is 3. The first-order valence-electron chi connectivity index (χ1n) is 5.62. The normalized spacial score (nSPS) is 29.2. The molecule has 0 bridgehead atoms. The van der Waals surface area contributed by atoms with E-state index in [4.69, 9.17) is 4.74 Å². The van der Waals surface area contributed by atoms with Crippen LogP contribution in [0.1, 0.15) is 12.8 Å². The standard InChI is InChI=1S/C10H15N3O4/c14-7-4-11-9(15)8(13-7)10(16)12-6-2-1-3-17-5-6/h6,8H,1-5H2,(H,11,15)(H,12,16)(H,13,14)/t6-,8-/m0/s1. The third-order valence-corrected chi connectivity index (χ3v) is 2.76. The van der Waals surface area contributed by atoms with E-state index >= 15 is 0 Å². The predicted molar refractivity (Wildman–Crippen MR) is 56.9 cm³/mol. The molecule has 17 heavy (non-hydrogen) atoms. The second kappa shape index (κ2) is 5.13. The molecular weight excluding hydrogens is 226 g/mol. The average molecular weight is 241 g/mol. The summed E-state index contributed by atoms with van der Waals surface area (Å²) in [6.07, 6.45) is 1.71. The summed E-state index contributed by atoms with van der Waals surface area (Å²) in [6.45, 7) is 1.08. The second-order valence-electron chi connectivity index (χ2n) is 4.14. The summed E-state index contributed by atoms with van der Waals surface area (Å²) in [4.78, 5) is 34.3. The SMILES string of the molecule is O=C1CNC(=O)[C@@H](C(=O)N[C@H]2CCCOC2)N1. The smallest absolute Gasteiger partial charge is 0.252 e. The molecule has 3 N–H and O–H groups in total. The monoisotopic (exact) mass is 241 g/mol. The Labute approximate surface area is 98.3 Å². The zero-order valence-electron chi connectivity index (χ0n) is 9.32. The Bertz CT molecular complexity index is 338. The van der Waals surface area contributed by atoms with Crippen LogP contribution in [0, 0.1) is 0 Å². The van der Waals surface area contributed by atoms with E-state index in [2.05, 4.69) is 16.0 Å². The van der Waals surface area contributed by atoms with Gasteiger partial charge in [0.2, 0.25) is 5.91 Å². The van der Waals surface area contributed by atoms with Gasteiger partial charge in [0.05, 0.1) is 19.2 Å². The summed E-state index contributed by atoms with van der Waals surface area (Å²) in [5, 5.41) is 7.41. The predicted octanol–water partition coefficient (Wildman–Crippen LogP) is -2.10. The van der Waals surface area contributed by atoms with Crippen LogP contribution in [-0.2, 0) is 19.1 Å². The fourth-order valence-electron chi connectivity index (χ4n) is 1.87. The maximum atomic E-state index is 11.8. The minimum Gasteiger partial charge on any atom is -0.379 e. The highest BCUT2D eigenvalue weighted by Crippen LogP contribution is 2.06. The van der Waals surface area contributed by atoms with E-state index in [1.165, 1.54) is 0 Å². The number of piperazine rings is 1. The van der Waals surface area contributed by atoms with Crippen molar-refractivity contribution in [1.82, 2.24) is 16.0 Å². The van der Waals surface area contributed by atoms with Gasteiger partial charge in [-0.2, -0.15) is 0 Å². The first-order valence-corrected chi connectivity index (χ1v) is 5.62. The van der Waals surface area contributed by atoms with Gasteiger partial charge in [-0.15, -0.1) is 0 Å². The van der Waals surface area contributed by atoms with E-state index in [1.807, 2.05) is 0 Å². The van der Waals surface area contributed by atoms with Gasteiger partial charge < -0.3 is 20.7 Å². The first-order chi connectivity index (χ1) is 8.16. The van der Waals surface area contributed by atoms with Crippen molar-refractivity contribution in [3.8, 4) is 0 Å². The highest BCUT2D eigenvalue weighted by atomic mass is 16.5. The molecule has 7 nitrogen and oxygen atoms in total. The molecule has 2 saturated heterocycles. The third kappa shape index (κ3) is 2.94. The topological polar surface area (TPSA) is 96.5 Å². The lowest BCUT2D eigenvalue weighted by Gasteiger charge is -2.27. The summed E-state index contributed by atoms with van der Waals surface area (Å²) in [5.74, 6) is -1.31. The van der Waals surface area contributed by atoms with E-state index in [-0.39, 0.29) is 18.5 Å². The van der Waals surface area contributed by atoms with Crippen LogP contribution in [0.5, 0.6) is 0 Å². The van der Waals surface area contributed by atoms with Crippen LogP contribution < -0.4 is 16.0 Å². The average Bonchev–Trinajstić information content (AvgIpc) is 2.33. The van der Waals surface area contributed by atoms with Crippen LogP contribution in [0.4, 0.5) is 0 Å². The van der Waals surface area contributed by atoms with Crippen LogP contribution in [-0.4, -0.2) is 49.6 Å². The van der Waals surface area contributed by atoms with Crippen LogP contribution in [0.15, 0.2) is 0 Å². The summed E-state index contributed by atoms with van der Waals surface area (Å²) in [5.41, 5.74) is 0. The van der Waals surface area contributed by atoms with E-state index < -0.39 is 17.9 Å². The molecule has 0 radical (unpaired) electrons. The Hall–Kier alpha value is -1.63. The molecule has 0 saturated carbocycles. The van der Waals surface area contributed by atoms with Crippen LogP contribution in [0.2, 0.25) is 0 Å². The van der Waals surface area contributed by atoms with Crippen molar-refractivity contribution < 1.29 is 19.1 Å². The van der Waals surface area contributed by atoms with Gasteiger partial charge in [0.15, 0.2) is 6.04 Å². The molecule has 0 spiro atoms. The zero-order chi connectivity index (χ0) is 12.3. The Kier molecular flexibility index (Phi) is 3.58. The van der Waals surface area contributed by atoms with Gasteiger partial charge in [0, 0.05) is 6.61 Å². The second-order valence-corrected chi connectivity index (χ2v) is 4.14. The molecule has 0 aromatic heterocycles. The van der Waals surface area contributed by atoms with Crippen molar-refractivity contribution in [2.45, 2.75) is 24.9 Å². The lowest BCUT2D eigenvalue weighted by atomic mass is 10.1. The Balaban J connectivity index is 1.89. The highest BCUT2D eigenvalue weighted by molar-refractivity contribution is 6.09. The van der Waals surface area contributed by atoms with Gasteiger partial charge >= 0.3 is 0 Å². The van der Waals surface area contributed by atoms with Gasteiger partial charge in [-0.3, -0.25) is 14.4 Å². The molecule has 0 aromatic rings. The molecule has 3 amide bonds. The maximum Gasteiger partial charge on any atom is 0.252 e. The van der Waals surface area contributed by atoms with Gasteiger partial charge in [-0.1, -0.05) is 0 Å². The quantitative estimate of drug-likeness (QED) is 0.482. The number of ether oxygens (including phenoxy) is 1. The van der Waals surface area contributed by atoms with Gasteiger partial charge in [-0.05, 0) is 12.8 Å². The van der Waals surface area contributed by atoms with E-state index in [9.17, 15) is 14.4 Å². The summed E-state index contributed by atoms with van der Waals surface area (Å²) in [7, 11) is 0. The molecule has 0 aliphatic carbocycles. The number of nitrogens with one attached hydrogen (secondary N) is 3. The first kappa shape index (κ1) is 11.8. The highest BCUT2D eigenvalue weighted by Gasteiger charge is 2.33. The van der Waals surface area contributed by atoms with E-state index in [0.29, 0.717) is 13.2 Å². The summed E-state index contributed by atoms with van der Waals surface area (Å²) < 4.78 is 5.22. The molecule has 94 valence electrons.